The Bertz CT molecular complexity index is 1260. The van der Waals surface area contributed by atoms with Gasteiger partial charge >= 0.3 is 5.69 Å². The molecule has 0 radical (unpaired) electrons. The van der Waals surface area contributed by atoms with Crippen LogP contribution in [0.25, 0.3) is 5.69 Å². The highest BCUT2D eigenvalue weighted by Crippen LogP contribution is 2.14. The molecule has 9 nitrogen and oxygen atoms in total. The van der Waals surface area contributed by atoms with Crippen molar-refractivity contribution in [3.63, 3.8) is 0 Å². The molecule has 0 saturated carbocycles. The summed E-state index contributed by atoms with van der Waals surface area (Å²) < 4.78 is 12.8. The number of ether oxygens (including phenoxy) is 2. The number of rotatable bonds is 7. The van der Waals surface area contributed by atoms with Gasteiger partial charge in [0.05, 0.1) is 25.4 Å². The van der Waals surface area contributed by atoms with Crippen LogP contribution in [0.15, 0.2) is 58.1 Å². The number of carbonyl (C=O) groups is 1. The fraction of sp³-hybridized carbons (Fsp3) is 0.304. The number of amides is 1. The van der Waals surface area contributed by atoms with E-state index in [1.165, 1.54) is 7.11 Å². The highest BCUT2D eigenvalue weighted by atomic mass is 35.5. The molecule has 1 atom stereocenters. The summed E-state index contributed by atoms with van der Waals surface area (Å²) in [5, 5.41) is 7.28. The van der Waals surface area contributed by atoms with Gasteiger partial charge in [-0.25, -0.2) is 4.79 Å². The van der Waals surface area contributed by atoms with Gasteiger partial charge in [-0.1, -0.05) is 23.7 Å². The van der Waals surface area contributed by atoms with Crippen molar-refractivity contribution < 1.29 is 14.3 Å². The van der Waals surface area contributed by atoms with Crippen molar-refractivity contribution >= 4 is 17.5 Å². The zero-order chi connectivity index (χ0) is 23.4. The Morgan fingerprint density at radius 3 is 2.73 bits per heavy atom. The van der Waals surface area contributed by atoms with E-state index < -0.39 is 17.2 Å². The summed E-state index contributed by atoms with van der Waals surface area (Å²) in [6.07, 6.45) is 1.65. The Kier molecular flexibility index (Phi) is 6.90. The van der Waals surface area contributed by atoms with E-state index in [1.54, 1.807) is 48.5 Å². The normalized spacial score (nSPS) is 15.4. The first-order valence-electron chi connectivity index (χ1n) is 10.5. The maximum absolute atomic E-state index is 13.2. The minimum Gasteiger partial charge on any atom is -0.497 e. The van der Waals surface area contributed by atoms with E-state index in [0.29, 0.717) is 28.6 Å². The lowest BCUT2D eigenvalue weighted by Crippen LogP contribution is -2.46. The van der Waals surface area contributed by atoms with E-state index in [0.717, 1.165) is 22.1 Å². The van der Waals surface area contributed by atoms with Gasteiger partial charge in [-0.2, -0.15) is 9.78 Å². The SMILES string of the molecule is COc1cccc(Cn2c(=O)c(C(=O)NC[C@H]3CCCO3)nn(-c3ccc(Cl)cc3)c2=O)c1. The van der Waals surface area contributed by atoms with Crippen LogP contribution in [0, 0.1) is 0 Å². The van der Waals surface area contributed by atoms with Crippen molar-refractivity contribution in [1.29, 1.82) is 0 Å². The maximum atomic E-state index is 13.2. The second kappa shape index (κ2) is 10.0. The van der Waals surface area contributed by atoms with E-state index in [4.69, 9.17) is 21.1 Å². The monoisotopic (exact) mass is 470 g/mol. The van der Waals surface area contributed by atoms with Gasteiger partial charge in [-0.15, -0.1) is 0 Å². The zero-order valence-corrected chi connectivity index (χ0v) is 18.7. The Morgan fingerprint density at radius 2 is 2.03 bits per heavy atom. The van der Waals surface area contributed by atoms with Crippen molar-refractivity contribution in [2.45, 2.75) is 25.5 Å². The van der Waals surface area contributed by atoms with Gasteiger partial charge in [0.25, 0.3) is 11.5 Å². The number of nitrogens with zero attached hydrogens (tertiary/aromatic N) is 3. The Labute approximate surface area is 194 Å². The summed E-state index contributed by atoms with van der Waals surface area (Å²) >= 11 is 5.97. The quantitative estimate of drug-likeness (QED) is 0.566. The molecule has 1 saturated heterocycles. The van der Waals surface area contributed by atoms with Crippen LogP contribution in [0.2, 0.25) is 5.02 Å². The topological polar surface area (TPSA) is 104 Å². The highest BCUT2D eigenvalue weighted by molar-refractivity contribution is 6.30. The molecule has 4 rings (SSSR count). The summed E-state index contributed by atoms with van der Waals surface area (Å²) in [6, 6.07) is 13.4. The zero-order valence-electron chi connectivity index (χ0n) is 18.0. The molecule has 0 bridgehead atoms. The lowest BCUT2D eigenvalue weighted by molar-refractivity contribution is 0.0849. The molecule has 1 fully saturated rings. The number of methoxy groups -OCH3 is 1. The summed E-state index contributed by atoms with van der Waals surface area (Å²) in [5.41, 5.74) is -0.811. The Morgan fingerprint density at radius 1 is 1.24 bits per heavy atom. The third-order valence-corrected chi connectivity index (χ3v) is 5.59. The lowest BCUT2D eigenvalue weighted by Gasteiger charge is -2.14. The predicted octanol–water partition coefficient (Wildman–Crippen LogP) is 2.01. The van der Waals surface area contributed by atoms with Crippen LogP contribution in [0.5, 0.6) is 5.75 Å². The third-order valence-electron chi connectivity index (χ3n) is 5.34. The average molecular weight is 471 g/mol. The smallest absolute Gasteiger partial charge is 0.352 e. The molecule has 2 aromatic carbocycles. The second-order valence-corrected chi connectivity index (χ2v) is 8.04. The molecule has 3 aromatic rings. The number of nitrogens with one attached hydrogen (secondary N) is 1. The second-order valence-electron chi connectivity index (χ2n) is 7.61. The molecule has 2 heterocycles. The summed E-state index contributed by atoms with van der Waals surface area (Å²) in [6.45, 7) is 0.848. The molecule has 1 N–H and O–H groups in total. The predicted molar refractivity (Wildman–Crippen MR) is 123 cm³/mol. The molecule has 33 heavy (non-hydrogen) atoms. The van der Waals surface area contributed by atoms with Crippen LogP contribution in [0.4, 0.5) is 0 Å². The van der Waals surface area contributed by atoms with E-state index in [2.05, 4.69) is 10.4 Å². The molecule has 0 spiro atoms. The van der Waals surface area contributed by atoms with Crippen molar-refractivity contribution in [1.82, 2.24) is 19.7 Å². The number of halogens is 1. The number of hydrogen-bond donors (Lipinski definition) is 1. The van der Waals surface area contributed by atoms with Crippen LogP contribution in [0.1, 0.15) is 28.9 Å². The first kappa shape index (κ1) is 22.8. The van der Waals surface area contributed by atoms with Crippen molar-refractivity contribution in [2.24, 2.45) is 0 Å². The fourth-order valence-electron chi connectivity index (χ4n) is 3.60. The largest absolute Gasteiger partial charge is 0.497 e. The molecule has 1 amide bonds. The molecule has 0 unspecified atom stereocenters. The Balaban J connectivity index is 1.76. The molecule has 1 aliphatic rings. The summed E-state index contributed by atoms with van der Waals surface area (Å²) in [5.74, 6) is -0.0835. The summed E-state index contributed by atoms with van der Waals surface area (Å²) in [7, 11) is 1.53. The number of hydrogen-bond acceptors (Lipinski definition) is 6. The average Bonchev–Trinajstić information content (AvgIpc) is 3.35. The minimum absolute atomic E-state index is 0.0585. The molecular formula is C23H23ClN4O5. The van der Waals surface area contributed by atoms with Crippen molar-refractivity contribution in [3.8, 4) is 11.4 Å². The third kappa shape index (κ3) is 5.15. The minimum atomic E-state index is -0.780. The molecular weight excluding hydrogens is 448 g/mol. The Hall–Kier alpha value is -3.43. The van der Waals surface area contributed by atoms with E-state index in [-0.39, 0.29) is 24.9 Å². The van der Waals surface area contributed by atoms with Gasteiger partial charge in [0.15, 0.2) is 0 Å². The lowest BCUT2D eigenvalue weighted by atomic mass is 10.2. The van der Waals surface area contributed by atoms with Crippen LogP contribution in [0.3, 0.4) is 0 Å². The maximum Gasteiger partial charge on any atom is 0.352 e. The van der Waals surface area contributed by atoms with Gasteiger partial charge in [0, 0.05) is 18.2 Å². The van der Waals surface area contributed by atoms with Gasteiger partial charge in [0.1, 0.15) is 5.75 Å². The van der Waals surface area contributed by atoms with Crippen LogP contribution < -0.4 is 21.3 Å². The van der Waals surface area contributed by atoms with Gasteiger partial charge in [0.2, 0.25) is 5.69 Å². The molecule has 0 aliphatic carbocycles. The van der Waals surface area contributed by atoms with Gasteiger partial charge in [-0.3, -0.25) is 14.2 Å². The molecule has 172 valence electrons. The number of aromatic nitrogens is 3. The van der Waals surface area contributed by atoms with Gasteiger partial charge in [-0.05, 0) is 54.8 Å². The molecule has 1 aromatic heterocycles. The van der Waals surface area contributed by atoms with Crippen molar-refractivity contribution in [2.75, 3.05) is 20.3 Å². The molecule has 1 aliphatic heterocycles. The van der Waals surface area contributed by atoms with Gasteiger partial charge < -0.3 is 14.8 Å². The van der Waals surface area contributed by atoms with Crippen LogP contribution >= 0.6 is 11.6 Å². The fourth-order valence-corrected chi connectivity index (χ4v) is 3.72. The number of carbonyl (C=O) groups excluding carboxylic acids is 1. The van der Waals surface area contributed by atoms with E-state index in [9.17, 15) is 14.4 Å². The first-order chi connectivity index (χ1) is 16.0. The van der Waals surface area contributed by atoms with E-state index >= 15 is 0 Å². The van der Waals surface area contributed by atoms with Crippen LogP contribution in [-0.4, -0.2) is 46.6 Å². The van der Waals surface area contributed by atoms with Crippen LogP contribution in [-0.2, 0) is 11.3 Å². The summed E-state index contributed by atoms with van der Waals surface area (Å²) in [4.78, 5) is 39.3. The number of benzene rings is 2. The van der Waals surface area contributed by atoms with E-state index in [1.807, 2.05) is 0 Å². The standard InChI is InChI=1S/C23H23ClN4O5/c1-32-18-5-2-4-15(12-18)14-27-22(30)20(21(29)25-13-19-6-3-11-33-19)26-28(23(27)31)17-9-7-16(24)8-10-17/h2,4-5,7-10,12,19H,3,6,11,13-14H2,1H3,(H,25,29)/t19-/m1/s1. The molecule has 10 heteroatoms. The van der Waals surface area contributed by atoms with Crippen molar-refractivity contribution in [3.05, 3.63) is 85.6 Å². The first-order valence-corrected chi connectivity index (χ1v) is 10.9. The highest BCUT2D eigenvalue weighted by Gasteiger charge is 2.22.